The maximum atomic E-state index is 13.6. The molecule has 4 aliphatic heterocycles. The Morgan fingerprint density at radius 2 is 0.663 bits per heavy atom. The van der Waals surface area contributed by atoms with Gasteiger partial charge in [-0.3, -0.25) is 0 Å². The molecule has 0 radical (unpaired) electrons. The number of carbonyl (C=O) groups excluding carboxylic acids is 6. The molecule has 0 bridgehead atoms. The largest absolute Gasteiger partial charge is 0.459 e. The first-order valence-corrected chi connectivity index (χ1v) is 27.2. The van der Waals surface area contributed by atoms with Crippen molar-refractivity contribution >= 4 is 35.8 Å². The van der Waals surface area contributed by atoms with Crippen LogP contribution in [0.15, 0.2) is 69.9 Å². The van der Waals surface area contributed by atoms with Gasteiger partial charge in [-0.25, -0.2) is 28.8 Å². The molecule has 4 heterocycles. The molecular formula is C56H82O27. The van der Waals surface area contributed by atoms with Crippen molar-refractivity contribution in [3.8, 4) is 0 Å². The van der Waals surface area contributed by atoms with Crippen molar-refractivity contribution < 1.29 is 131 Å². The second-order valence-electron chi connectivity index (χ2n) is 19.7. The van der Waals surface area contributed by atoms with Crippen LogP contribution >= 0.6 is 0 Å². The molecule has 8 N–H and O–H groups in total. The molecule has 0 aliphatic carbocycles. The topological polar surface area (TPSA) is 384 Å². The molecule has 4 aliphatic rings. The first-order valence-electron chi connectivity index (χ1n) is 27.2. The molecule has 0 saturated carbocycles. The number of aliphatic hydroxyl groups is 8. The summed E-state index contributed by atoms with van der Waals surface area (Å²) >= 11 is 0. The van der Waals surface area contributed by atoms with E-state index in [1.54, 1.807) is 41.5 Å². The van der Waals surface area contributed by atoms with Crippen molar-refractivity contribution in [1.29, 1.82) is 0 Å². The zero-order chi connectivity index (χ0) is 62.2. The molecule has 4 saturated heterocycles. The monoisotopic (exact) mass is 1190 g/mol. The number of aliphatic hydroxyl groups excluding tert-OH is 8. The van der Waals surface area contributed by atoms with Crippen molar-refractivity contribution in [2.45, 2.75) is 219 Å². The summed E-state index contributed by atoms with van der Waals surface area (Å²) in [5, 5.41) is 92.8. The number of hydrogen-bond acceptors (Lipinski definition) is 27. The van der Waals surface area contributed by atoms with E-state index >= 15 is 0 Å². The Hall–Kier alpha value is -5.34. The van der Waals surface area contributed by atoms with Gasteiger partial charge >= 0.3 is 35.8 Å². The lowest BCUT2D eigenvalue weighted by Crippen LogP contribution is -2.68. The highest BCUT2D eigenvalue weighted by atomic mass is 16.8. The fourth-order valence-corrected chi connectivity index (χ4v) is 8.68. The van der Waals surface area contributed by atoms with Crippen LogP contribution in [0.4, 0.5) is 0 Å². The maximum absolute atomic E-state index is 13.6. The van der Waals surface area contributed by atoms with Crippen LogP contribution in [0.1, 0.15) is 95.9 Å². The van der Waals surface area contributed by atoms with Gasteiger partial charge in [0.15, 0.2) is 49.6 Å². The Morgan fingerprint density at radius 1 is 0.361 bits per heavy atom. The van der Waals surface area contributed by atoms with Gasteiger partial charge in [0.05, 0.1) is 13.2 Å². The lowest BCUT2D eigenvalue weighted by atomic mass is 9.96. The number of ether oxygens (including phenoxy) is 13. The van der Waals surface area contributed by atoms with Gasteiger partial charge in [-0.1, -0.05) is 50.3 Å². The fraction of sp³-hybridized carbons (Fsp3) is 0.679. The number of rotatable bonds is 24. The maximum Gasteiger partial charge on any atom is 0.334 e. The van der Waals surface area contributed by atoms with E-state index in [1.165, 1.54) is 78.0 Å². The molecular weight excluding hydrogens is 1100 g/mol. The highest BCUT2D eigenvalue weighted by Crippen LogP contribution is 2.37. The summed E-state index contributed by atoms with van der Waals surface area (Å²) in [5.41, 5.74) is 0.670. The number of carbonyl (C=O) groups is 6. The molecule has 0 aromatic carbocycles. The second kappa shape index (κ2) is 32.8. The first-order chi connectivity index (χ1) is 39.3. The molecule has 0 unspecified atom stereocenters. The third-order valence-electron chi connectivity index (χ3n) is 14.5. The molecule has 0 amide bonds. The molecule has 83 heavy (non-hydrogen) atoms. The summed E-state index contributed by atoms with van der Waals surface area (Å²) in [5.74, 6) is -5.60. The minimum atomic E-state index is -2.23. The van der Waals surface area contributed by atoms with Crippen molar-refractivity contribution in [1.82, 2.24) is 0 Å². The average molecular weight is 1190 g/mol. The molecule has 4 rings (SSSR count). The lowest BCUT2D eigenvalue weighted by Gasteiger charge is -2.49. The van der Waals surface area contributed by atoms with Gasteiger partial charge in [0.2, 0.25) is 0 Å². The number of allylic oxidation sites excluding steroid dienone is 6. The van der Waals surface area contributed by atoms with Crippen molar-refractivity contribution in [3.05, 3.63) is 69.9 Å². The quantitative estimate of drug-likeness (QED) is 0.0362. The van der Waals surface area contributed by atoms with Gasteiger partial charge in [-0.05, 0) is 82.1 Å². The van der Waals surface area contributed by atoms with Crippen LogP contribution in [0.3, 0.4) is 0 Å². The van der Waals surface area contributed by atoms with E-state index in [0.29, 0.717) is 0 Å². The highest BCUT2D eigenvalue weighted by Gasteiger charge is 2.58. The van der Waals surface area contributed by atoms with Crippen LogP contribution in [0.5, 0.6) is 0 Å². The van der Waals surface area contributed by atoms with Crippen molar-refractivity contribution in [3.63, 3.8) is 0 Å². The summed E-state index contributed by atoms with van der Waals surface area (Å²) in [6.45, 7) is 14.7. The van der Waals surface area contributed by atoms with E-state index in [4.69, 9.17) is 61.6 Å². The SMILES string of the molecule is C/C=C(\C)C(=O)OC[C@H]1O[C@H](O[C@H]2O[C@H](COC(=O)/C(C)=C/C)[C@@H](O)[C@H](O)[C@H]2O[C@@H]2O[C@H](CO)[C@@H](OC(=O)/C(=C/C)CC)[C@H](OC(=O)/C(=C/C)CC)[C@H]2O)[C@H](O[C@@H]2O[C@H](CO)[C@@H](OC(=O)/C(C)=C/C)[C@H](OC(=O)/C(C)=C/C)[C@H]2O)[C@@H](O)[C@@H]1O. The third-order valence-corrected chi connectivity index (χ3v) is 14.5. The van der Waals surface area contributed by atoms with Crippen LogP contribution in [0.25, 0.3) is 0 Å². The van der Waals surface area contributed by atoms with Crippen LogP contribution in [0.2, 0.25) is 0 Å². The van der Waals surface area contributed by atoms with Crippen LogP contribution in [-0.4, -0.2) is 226 Å². The van der Waals surface area contributed by atoms with Gasteiger partial charge in [-0.15, -0.1) is 0 Å². The zero-order valence-corrected chi connectivity index (χ0v) is 48.6. The Balaban J connectivity index is 1.89. The average Bonchev–Trinajstić information content (AvgIpc) is 3.48. The van der Waals surface area contributed by atoms with Gasteiger partial charge in [0, 0.05) is 33.4 Å². The zero-order valence-electron chi connectivity index (χ0n) is 48.6. The minimum Gasteiger partial charge on any atom is -0.459 e. The van der Waals surface area contributed by atoms with E-state index < -0.39 is 185 Å². The highest BCUT2D eigenvalue weighted by molar-refractivity contribution is 5.90. The minimum absolute atomic E-state index is 0.0362. The summed E-state index contributed by atoms with van der Waals surface area (Å²) in [6, 6.07) is 0. The van der Waals surface area contributed by atoms with Gasteiger partial charge < -0.3 is 102 Å². The molecule has 27 nitrogen and oxygen atoms in total. The Morgan fingerprint density at radius 3 is 0.976 bits per heavy atom. The summed E-state index contributed by atoms with van der Waals surface area (Å²) < 4.78 is 76.4. The fourth-order valence-electron chi connectivity index (χ4n) is 8.68. The number of hydrogen-bond donors (Lipinski definition) is 8. The van der Waals surface area contributed by atoms with Crippen LogP contribution < -0.4 is 0 Å². The summed E-state index contributed by atoms with van der Waals surface area (Å²) in [4.78, 5) is 79.2. The smallest absolute Gasteiger partial charge is 0.334 e. The summed E-state index contributed by atoms with van der Waals surface area (Å²) in [6.07, 6.45) is -31.0. The molecule has 20 atom stereocenters. The van der Waals surface area contributed by atoms with E-state index in [0.717, 1.165) is 0 Å². The predicted molar refractivity (Wildman–Crippen MR) is 283 cm³/mol. The summed E-state index contributed by atoms with van der Waals surface area (Å²) in [7, 11) is 0. The molecule has 0 aromatic rings. The van der Waals surface area contributed by atoms with Gasteiger partial charge in [-0.2, -0.15) is 0 Å². The van der Waals surface area contributed by atoms with E-state index in [-0.39, 0.29) is 46.3 Å². The van der Waals surface area contributed by atoms with E-state index in [2.05, 4.69) is 0 Å². The molecule has 468 valence electrons. The number of esters is 6. The third kappa shape index (κ3) is 17.4. The second-order valence-corrected chi connectivity index (χ2v) is 19.7. The van der Waals surface area contributed by atoms with E-state index in [1.807, 2.05) is 0 Å². The van der Waals surface area contributed by atoms with Gasteiger partial charge in [0.25, 0.3) is 0 Å². The molecule has 0 spiro atoms. The van der Waals surface area contributed by atoms with Crippen LogP contribution in [-0.2, 0) is 90.3 Å². The van der Waals surface area contributed by atoms with Crippen LogP contribution in [0, 0.1) is 0 Å². The Kier molecular flexibility index (Phi) is 27.7. The normalized spacial score (nSPS) is 35.0. The Labute approximate surface area is 480 Å². The van der Waals surface area contributed by atoms with Gasteiger partial charge in [0.1, 0.15) is 86.5 Å². The first kappa shape index (κ1) is 70.1. The lowest BCUT2D eigenvalue weighted by molar-refractivity contribution is -0.414. The molecule has 0 aromatic heterocycles. The standard InChI is InChI=1S/C56H82O27/c1-13-25(9)47(65)71-23-33-35(59)37(61)45(81-53-39(63)43(79-50(68)28(12)16-4)41(31(21-57)73-53)77-49(67)27(11)15-3)55(75-33)83-56-46(38(62)36(60)34(76-56)24-72-48(66)26(10)14-2)82-54-40(64)44(80-52(70)30(19-7)20-8)42(32(22-58)74-54)78-51(69)29(17-5)18-6/h13-17,19,31-46,53-64H,18,20-24H2,1-12H3/b25-13+,26-14+,27-15+,28-16+,29-17+,30-19+/t31-,32-,33-,34-,35-,36-,37+,38+,39-,40-,41-,42-,43-,44-,45-,46-,53+,54+,55-,56-/m1/s1. The van der Waals surface area contributed by atoms with Crippen molar-refractivity contribution in [2.24, 2.45) is 0 Å². The van der Waals surface area contributed by atoms with Crippen molar-refractivity contribution in [2.75, 3.05) is 26.4 Å². The van der Waals surface area contributed by atoms with E-state index in [9.17, 15) is 69.6 Å². The molecule has 27 heteroatoms. The predicted octanol–water partition coefficient (Wildman–Crippen LogP) is 0.134. The Bertz CT molecular complexity index is 2410. The molecule has 4 fully saturated rings.